The average Bonchev–Trinajstić information content (AvgIpc) is 2.89. The minimum Gasteiger partial charge on any atom is -0.380 e. The summed E-state index contributed by atoms with van der Waals surface area (Å²) in [6.07, 6.45) is 7.51. The molecule has 0 radical (unpaired) electrons. The summed E-state index contributed by atoms with van der Waals surface area (Å²) < 4.78 is 11.3. The second-order valence-electron chi connectivity index (χ2n) is 5.19. The van der Waals surface area contributed by atoms with Gasteiger partial charge in [-0.15, -0.1) is 0 Å². The normalized spacial score (nSPS) is 44.8. The molecule has 86 valence electrons. The van der Waals surface area contributed by atoms with Crippen LogP contribution < -0.4 is 5.32 Å². The third kappa shape index (κ3) is 2.19. The van der Waals surface area contributed by atoms with Crippen molar-refractivity contribution in [2.45, 2.75) is 50.4 Å². The number of hydrogen-bond donors (Lipinski definition) is 1. The Labute approximate surface area is 91.5 Å². The number of hydrogen-bond acceptors (Lipinski definition) is 3. The maximum absolute atomic E-state index is 5.85. The first-order chi connectivity index (χ1) is 7.42. The van der Waals surface area contributed by atoms with Crippen molar-refractivity contribution in [1.29, 1.82) is 0 Å². The van der Waals surface area contributed by atoms with Crippen LogP contribution >= 0.6 is 0 Å². The summed E-state index contributed by atoms with van der Waals surface area (Å²) in [6.45, 7) is 2.99. The van der Waals surface area contributed by atoms with Gasteiger partial charge in [-0.1, -0.05) is 0 Å². The number of fused-ring (bicyclic) bond motifs is 2. The standard InChI is InChI=1S/C12H21NO2/c1-2-10(8-14-5-1)13-7-9-6-11-3-4-12(9)15-11/h9-13H,1-8H2. The first kappa shape index (κ1) is 10.1. The van der Waals surface area contributed by atoms with E-state index < -0.39 is 0 Å². The maximum Gasteiger partial charge on any atom is 0.0621 e. The van der Waals surface area contributed by atoms with Crippen LogP contribution in [0.3, 0.4) is 0 Å². The van der Waals surface area contributed by atoms with E-state index in [0.29, 0.717) is 18.2 Å². The molecule has 3 heterocycles. The zero-order chi connectivity index (χ0) is 10.1. The van der Waals surface area contributed by atoms with Crippen molar-refractivity contribution in [3.8, 4) is 0 Å². The second kappa shape index (κ2) is 4.40. The molecule has 2 bridgehead atoms. The lowest BCUT2D eigenvalue weighted by Gasteiger charge is -2.26. The van der Waals surface area contributed by atoms with E-state index in [2.05, 4.69) is 5.32 Å². The molecule has 3 aliphatic heterocycles. The van der Waals surface area contributed by atoms with Crippen molar-refractivity contribution >= 4 is 0 Å². The fourth-order valence-corrected chi connectivity index (χ4v) is 3.18. The minimum absolute atomic E-state index is 0.562. The van der Waals surface area contributed by atoms with Crippen LogP contribution in [0.4, 0.5) is 0 Å². The van der Waals surface area contributed by atoms with Gasteiger partial charge in [0, 0.05) is 25.1 Å². The van der Waals surface area contributed by atoms with Gasteiger partial charge in [0.05, 0.1) is 18.8 Å². The summed E-state index contributed by atoms with van der Waals surface area (Å²) in [7, 11) is 0. The summed E-state index contributed by atoms with van der Waals surface area (Å²) in [5.74, 6) is 0.769. The van der Waals surface area contributed by atoms with Gasteiger partial charge in [-0.25, -0.2) is 0 Å². The van der Waals surface area contributed by atoms with Gasteiger partial charge < -0.3 is 14.8 Å². The van der Waals surface area contributed by atoms with E-state index in [1.165, 1.54) is 32.1 Å². The van der Waals surface area contributed by atoms with Crippen LogP contribution in [0.1, 0.15) is 32.1 Å². The van der Waals surface area contributed by atoms with Gasteiger partial charge in [0.25, 0.3) is 0 Å². The molecule has 3 nitrogen and oxygen atoms in total. The molecule has 15 heavy (non-hydrogen) atoms. The van der Waals surface area contributed by atoms with Crippen LogP contribution in [0.25, 0.3) is 0 Å². The highest BCUT2D eigenvalue weighted by molar-refractivity contribution is 4.90. The fraction of sp³-hybridized carbons (Fsp3) is 1.00. The van der Waals surface area contributed by atoms with Crippen molar-refractivity contribution in [3.63, 3.8) is 0 Å². The molecule has 0 saturated carbocycles. The van der Waals surface area contributed by atoms with Gasteiger partial charge in [-0.05, 0) is 32.1 Å². The van der Waals surface area contributed by atoms with Crippen LogP contribution in [-0.2, 0) is 9.47 Å². The van der Waals surface area contributed by atoms with Crippen LogP contribution in [0.2, 0.25) is 0 Å². The Bertz CT molecular complexity index is 216. The maximum atomic E-state index is 5.85. The molecule has 3 aliphatic rings. The molecule has 3 heteroatoms. The molecule has 3 saturated heterocycles. The largest absolute Gasteiger partial charge is 0.380 e. The number of rotatable bonds is 3. The lowest BCUT2D eigenvalue weighted by Crippen LogP contribution is -2.41. The van der Waals surface area contributed by atoms with Crippen molar-refractivity contribution in [2.24, 2.45) is 5.92 Å². The summed E-state index contributed by atoms with van der Waals surface area (Å²) in [6, 6.07) is 0.595. The van der Waals surface area contributed by atoms with E-state index in [0.717, 1.165) is 25.7 Å². The monoisotopic (exact) mass is 211 g/mol. The molecule has 0 aromatic rings. The highest BCUT2D eigenvalue weighted by Gasteiger charge is 2.40. The average molecular weight is 211 g/mol. The van der Waals surface area contributed by atoms with E-state index in [-0.39, 0.29) is 0 Å². The number of ether oxygens (including phenoxy) is 2. The van der Waals surface area contributed by atoms with Crippen molar-refractivity contribution in [1.82, 2.24) is 5.32 Å². The summed E-state index contributed by atoms with van der Waals surface area (Å²) >= 11 is 0. The van der Waals surface area contributed by atoms with E-state index in [1.807, 2.05) is 0 Å². The quantitative estimate of drug-likeness (QED) is 0.764. The van der Waals surface area contributed by atoms with Crippen LogP contribution in [0.15, 0.2) is 0 Å². The van der Waals surface area contributed by atoms with Gasteiger partial charge in [-0.2, -0.15) is 0 Å². The van der Waals surface area contributed by atoms with Crippen LogP contribution in [-0.4, -0.2) is 38.0 Å². The molecule has 0 aromatic carbocycles. The van der Waals surface area contributed by atoms with Gasteiger partial charge in [0.15, 0.2) is 0 Å². The highest BCUT2D eigenvalue weighted by Crippen LogP contribution is 2.38. The second-order valence-corrected chi connectivity index (χ2v) is 5.19. The van der Waals surface area contributed by atoms with Gasteiger partial charge in [-0.3, -0.25) is 0 Å². The van der Waals surface area contributed by atoms with E-state index in [9.17, 15) is 0 Å². The molecule has 4 unspecified atom stereocenters. The minimum atomic E-state index is 0.562. The molecular formula is C12H21NO2. The van der Waals surface area contributed by atoms with Crippen LogP contribution in [0.5, 0.6) is 0 Å². The molecule has 0 amide bonds. The molecule has 4 atom stereocenters. The lowest BCUT2D eigenvalue weighted by molar-refractivity contribution is 0.0647. The first-order valence-electron chi connectivity index (χ1n) is 6.38. The van der Waals surface area contributed by atoms with E-state index in [4.69, 9.17) is 9.47 Å². The SMILES string of the molecule is C1COCC(NCC2CC3CCC2O3)C1. The Hall–Kier alpha value is -0.120. The molecule has 0 aliphatic carbocycles. The third-order valence-corrected chi connectivity index (χ3v) is 4.06. The van der Waals surface area contributed by atoms with Gasteiger partial charge in [0.2, 0.25) is 0 Å². The Balaban J connectivity index is 1.42. The van der Waals surface area contributed by atoms with Gasteiger partial charge >= 0.3 is 0 Å². The first-order valence-corrected chi connectivity index (χ1v) is 6.38. The topological polar surface area (TPSA) is 30.5 Å². The summed E-state index contributed by atoms with van der Waals surface area (Å²) in [5, 5.41) is 3.64. The molecule has 0 spiro atoms. The zero-order valence-electron chi connectivity index (χ0n) is 9.28. The smallest absolute Gasteiger partial charge is 0.0621 e. The summed E-state index contributed by atoms with van der Waals surface area (Å²) in [4.78, 5) is 0. The molecular weight excluding hydrogens is 190 g/mol. The molecule has 1 N–H and O–H groups in total. The van der Waals surface area contributed by atoms with Crippen molar-refractivity contribution in [3.05, 3.63) is 0 Å². The lowest BCUT2D eigenvalue weighted by atomic mass is 9.89. The van der Waals surface area contributed by atoms with E-state index >= 15 is 0 Å². The molecule has 0 aromatic heterocycles. The van der Waals surface area contributed by atoms with E-state index in [1.54, 1.807) is 0 Å². The molecule has 3 fully saturated rings. The van der Waals surface area contributed by atoms with Gasteiger partial charge in [0.1, 0.15) is 0 Å². The predicted octanol–water partition coefficient (Wildman–Crippen LogP) is 1.32. The molecule has 3 rings (SSSR count). The Kier molecular flexibility index (Phi) is 2.95. The third-order valence-electron chi connectivity index (χ3n) is 4.06. The van der Waals surface area contributed by atoms with Crippen LogP contribution in [0, 0.1) is 5.92 Å². The Morgan fingerprint density at radius 3 is 2.87 bits per heavy atom. The van der Waals surface area contributed by atoms with Crippen molar-refractivity contribution in [2.75, 3.05) is 19.8 Å². The highest BCUT2D eigenvalue weighted by atomic mass is 16.5. The predicted molar refractivity (Wildman–Crippen MR) is 57.8 cm³/mol. The Morgan fingerprint density at radius 2 is 2.20 bits per heavy atom. The Morgan fingerprint density at radius 1 is 1.20 bits per heavy atom. The number of nitrogens with one attached hydrogen (secondary N) is 1. The zero-order valence-corrected chi connectivity index (χ0v) is 9.28. The summed E-state index contributed by atoms with van der Waals surface area (Å²) in [5.41, 5.74) is 0. The van der Waals surface area contributed by atoms with Crippen molar-refractivity contribution < 1.29 is 9.47 Å². The fourth-order valence-electron chi connectivity index (χ4n) is 3.18.